The lowest BCUT2D eigenvalue weighted by Gasteiger charge is -2.34. The molecule has 36 heavy (non-hydrogen) atoms. The van der Waals surface area contributed by atoms with E-state index in [1.165, 1.54) is 4.31 Å². The van der Waals surface area contributed by atoms with Crippen molar-refractivity contribution in [2.45, 2.75) is 62.7 Å². The van der Waals surface area contributed by atoms with E-state index in [4.69, 9.17) is 15.1 Å². The molecule has 0 unspecified atom stereocenters. The molecule has 2 aliphatic rings. The summed E-state index contributed by atoms with van der Waals surface area (Å²) in [5, 5.41) is 17.5. The van der Waals surface area contributed by atoms with Crippen LogP contribution >= 0.6 is 0 Å². The fraction of sp³-hybridized carbons (Fsp3) is 0.480. The van der Waals surface area contributed by atoms with Crippen molar-refractivity contribution in [3.05, 3.63) is 46.9 Å². The molecule has 0 radical (unpaired) electrons. The molecule has 11 heteroatoms. The van der Waals surface area contributed by atoms with Gasteiger partial charge >= 0.3 is 0 Å². The predicted octanol–water partition coefficient (Wildman–Crippen LogP) is 3.52. The standard InChI is InChI=1S/C25H30N6O4S/c1-16-14-30(15-17(2)35-16)36(33,34)20-9-7-19(8-10-20)28-24-23-22(11-13-27-25(23)32)31(29-24)21(4-3-12-26)18-5-6-18/h7-11,13,16-18,21H,3-6,14-15H2,1-2H3,(H,27,32)(H,28,29)/t16-,17+,21-/m0/s1. The van der Waals surface area contributed by atoms with Crippen LogP contribution in [0.1, 0.15) is 45.6 Å². The molecule has 190 valence electrons. The van der Waals surface area contributed by atoms with E-state index >= 15 is 0 Å². The molecule has 1 saturated heterocycles. The van der Waals surface area contributed by atoms with Crippen LogP contribution < -0.4 is 10.9 Å². The van der Waals surface area contributed by atoms with Crippen LogP contribution in [-0.2, 0) is 14.8 Å². The summed E-state index contributed by atoms with van der Waals surface area (Å²) in [5.41, 5.74) is 1.07. The highest BCUT2D eigenvalue weighted by molar-refractivity contribution is 7.89. The summed E-state index contributed by atoms with van der Waals surface area (Å²) in [6, 6.07) is 10.6. The number of fused-ring (bicyclic) bond motifs is 1. The molecule has 5 rings (SSSR count). The van der Waals surface area contributed by atoms with Gasteiger partial charge in [0.15, 0.2) is 5.82 Å². The van der Waals surface area contributed by atoms with Gasteiger partial charge in [0.25, 0.3) is 5.56 Å². The van der Waals surface area contributed by atoms with E-state index in [1.807, 2.05) is 24.6 Å². The zero-order chi connectivity index (χ0) is 25.4. The number of nitrogens with zero attached hydrogens (tertiary/aromatic N) is 4. The molecule has 1 saturated carbocycles. The highest BCUT2D eigenvalue weighted by Crippen LogP contribution is 2.43. The van der Waals surface area contributed by atoms with Crippen molar-refractivity contribution in [2.24, 2.45) is 5.92 Å². The van der Waals surface area contributed by atoms with Crippen LogP contribution in [0.2, 0.25) is 0 Å². The molecule has 3 atom stereocenters. The minimum atomic E-state index is -3.65. The number of aromatic nitrogens is 3. The SMILES string of the molecule is C[C@@H]1CN(S(=O)(=O)c2ccc(Nc3nn([C@@H](CCC#N)C4CC4)c4cc[nH]c(=O)c34)cc2)C[C@H](C)O1. The van der Waals surface area contributed by atoms with E-state index in [2.05, 4.69) is 16.4 Å². The topological polar surface area (TPSA) is 133 Å². The Morgan fingerprint density at radius 1 is 1.19 bits per heavy atom. The normalized spacial score (nSPS) is 21.8. The molecule has 2 aromatic heterocycles. The lowest BCUT2D eigenvalue weighted by atomic mass is 10.1. The summed E-state index contributed by atoms with van der Waals surface area (Å²) in [6.45, 7) is 4.36. The number of benzene rings is 1. The Morgan fingerprint density at radius 2 is 1.89 bits per heavy atom. The molecule has 1 aliphatic carbocycles. The molecule has 0 amide bonds. The number of ether oxygens (including phenoxy) is 1. The lowest BCUT2D eigenvalue weighted by Crippen LogP contribution is -2.48. The van der Waals surface area contributed by atoms with Crippen LogP contribution in [0.15, 0.2) is 46.2 Å². The molecule has 3 aromatic rings. The first-order chi connectivity index (χ1) is 17.3. The van der Waals surface area contributed by atoms with Crippen LogP contribution in [0, 0.1) is 17.2 Å². The Morgan fingerprint density at radius 3 is 2.53 bits per heavy atom. The van der Waals surface area contributed by atoms with Gasteiger partial charge in [-0.15, -0.1) is 0 Å². The van der Waals surface area contributed by atoms with Gasteiger partial charge in [-0.05, 0) is 69.4 Å². The Bertz CT molecular complexity index is 1440. The number of morpholine rings is 1. The van der Waals surface area contributed by atoms with E-state index in [-0.39, 0.29) is 28.7 Å². The second kappa shape index (κ2) is 9.69. The molecule has 10 nitrogen and oxygen atoms in total. The van der Waals surface area contributed by atoms with Gasteiger partial charge in [-0.25, -0.2) is 8.42 Å². The Kier molecular flexibility index (Phi) is 6.59. The number of aromatic amines is 1. The van der Waals surface area contributed by atoms with Crippen LogP contribution in [0.3, 0.4) is 0 Å². The summed E-state index contributed by atoms with van der Waals surface area (Å²) < 4.78 is 35.3. The number of hydrogen-bond acceptors (Lipinski definition) is 7. The fourth-order valence-corrected chi connectivity index (χ4v) is 6.60. The number of H-pyrrole nitrogens is 1. The minimum Gasteiger partial charge on any atom is -0.373 e. The number of pyridine rings is 1. The summed E-state index contributed by atoms with van der Waals surface area (Å²) >= 11 is 0. The average molecular weight is 511 g/mol. The molecule has 2 fully saturated rings. The predicted molar refractivity (Wildman–Crippen MR) is 135 cm³/mol. The number of nitrogens with one attached hydrogen (secondary N) is 2. The third-order valence-electron chi connectivity index (χ3n) is 6.80. The molecule has 1 aromatic carbocycles. The molecule has 0 bridgehead atoms. The van der Waals surface area contributed by atoms with Gasteiger partial charge < -0.3 is 15.0 Å². The highest BCUT2D eigenvalue weighted by atomic mass is 32.2. The lowest BCUT2D eigenvalue weighted by molar-refractivity contribution is -0.0440. The highest BCUT2D eigenvalue weighted by Gasteiger charge is 2.35. The molecule has 1 aliphatic heterocycles. The Labute approximate surface area is 209 Å². The first-order valence-corrected chi connectivity index (χ1v) is 13.7. The third-order valence-corrected chi connectivity index (χ3v) is 8.65. The van der Waals surface area contributed by atoms with Gasteiger partial charge in [-0.2, -0.15) is 14.7 Å². The van der Waals surface area contributed by atoms with Crippen molar-refractivity contribution in [2.75, 3.05) is 18.4 Å². The number of anilines is 2. The third kappa shape index (κ3) is 4.76. The molecular weight excluding hydrogens is 480 g/mol. The van der Waals surface area contributed by atoms with Gasteiger partial charge in [-0.3, -0.25) is 9.48 Å². The second-order valence-electron chi connectivity index (χ2n) is 9.69. The van der Waals surface area contributed by atoms with Gasteiger partial charge in [0.05, 0.1) is 34.7 Å². The summed E-state index contributed by atoms with van der Waals surface area (Å²) in [4.78, 5) is 15.7. The fourth-order valence-electron chi connectivity index (χ4n) is 5.01. The monoisotopic (exact) mass is 510 g/mol. The maximum Gasteiger partial charge on any atom is 0.261 e. The number of hydrogen-bond donors (Lipinski definition) is 2. The smallest absolute Gasteiger partial charge is 0.261 e. The van der Waals surface area contributed by atoms with E-state index in [0.29, 0.717) is 54.3 Å². The summed E-state index contributed by atoms with van der Waals surface area (Å²) in [5.74, 6) is 0.851. The summed E-state index contributed by atoms with van der Waals surface area (Å²) in [6.07, 6.45) is 4.53. The number of sulfonamides is 1. The van der Waals surface area contributed by atoms with E-state index in [9.17, 15) is 13.2 Å². The number of rotatable bonds is 8. The zero-order valence-corrected chi connectivity index (χ0v) is 21.2. The summed E-state index contributed by atoms with van der Waals surface area (Å²) in [7, 11) is -3.65. The molecular formula is C25H30N6O4S. The van der Waals surface area contributed by atoms with Crippen molar-refractivity contribution in [3.63, 3.8) is 0 Å². The van der Waals surface area contributed by atoms with Gasteiger partial charge in [-0.1, -0.05) is 0 Å². The van der Waals surface area contributed by atoms with Crippen molar-refractivity contribution < 1.29 is 13.2 Å². The van der Waals surface area contributed by atoms with E-state index in [0.717, 1.165) is 12.8 Å². The number of nitriles is 1. The van der Waals surface area contributed by atoms with E-state index < -0.39 is 10.0 Å². The van der Waals surface area contributed by atoms with Crippen LogP contribution in [0.4, 0.5) is 11.5 Å². The van der Waals surface area contributed by atoms with Crippen LogP contribution in [0.5, 0.6) is 0 Å². The quantitative estimate of drug-likeness (QED) is 0.474. The Hall–Kier alpha value is -3.20. The minimum absolute atomic E-state index is 0.0512. The largest absolute Gasteiger partial charge is 0.373 e. The average Bonchev–Trinajstić information content (AvgIpc) is 3.62. The molecule has 2 N–H and O–H groups in total. The van der Waals surface area contributed by atoms with Gasteiger partial charge in [0.2, 0.25) is 10.0 Å². The van der Waals surface area contributed by atoms with Crippen molar-refractivity contribution in [1.29, 1.82) is 5.26 Å². The second-order valence-corrected chi connectivity index (χ2v) is 11.6. The molecule has 3 heterocycles. The van der Waals surface area contributed by atoms with Crippen molar-refractivity contribution >= 4 is 32.4 Å². The molecule has 0 spiro atoms. The van der Waals surface area contributed by atoms with Gasteiger partial charge in [0.1, 0.15) is 5.39 Å². The van der Waals surface area contributed by atoms with Gasteiger partial charge in [0, 0.05) is 31.4 Å². The maximum atomic E-state index is 13.2. The maximum absolute atomic E-state index is 13.2. The van der Waals surface area contributed by atoms with Crippen LogP contribution in [0.25, 0.3) is 10.9 Å². The zero-order valence-electron chi connectivity index (χ0n) is 20.3. The Balaban J connectivity index is 1.43. The van der Waals surface area contributed by atoms with Crippen molar-refractivity contribution in [3.8, 4) is 6.07 Å². The van der Waals surface area contributed by atoms with E-state index in [1.54, 1.807) is 30.5 Å². The van der Waals surface area contributed by atoms with Crippen LogP contribution in [-0.4, -0.2) is 52.8 Å². The first-order valence-electron chi connectivity index (χ1n) is 12.3. The first kappa shape index (κ1) is 24.5. The van der Waals surface area contributed by atoms with Crippen molar-refractivity contribution in [1.82, 2.24) is 19.1 Å².